The molecule has 5 heteroatoms. The summed E-state index contributed by atoms with van der Waals surface area (Å²) >= 11 is 0. The van der Waals surface area contributed by atoms with Gasteiger partial charge in [0.05, 0.1) is 21.9 Å². The Bertz CT molecular complexity index is 1190. The van der Waals surface area contributed by atoms with E-state index >= 15 is 0 Å². The number of rotatable bonds is 8. The number of aliphatic hydroxyl groups excluding tert-OH is 1. The summed E-state index contributed by atoms with van der Waals surface area (Å²) in [4.78, 5) is 0.383. The maximum Gasteiger partial charge on any atom is 0.181 e. The zero-order chi connectivity index (χ0) is 29.1. The van der Waals surface area contributed by atoms with E-state index < -0.39 is 26.8 Å². The van der Waals surface area contributed by atoms with Crippen LogP contribution in [0.4, 0.5) is 0 Å². The molecule has 4 aliphatic rings. The zero-order valence-electron chi connectivity index (χ0n) is 25.8. The van der Waals surface area contributed by atoms with Crippen LogP contribution in [-0.2, 0) is 9.84 Å². The van der Waals surface area contributed by atoms with Crippen molar-refractivity contribution in [2.75, 3.05) is 0 Å². The molecule has 3 saturated carbocycles. The highest BCUT2D eigenvalue weighted by Gasteiger charge is 2.60. The van der Waals surface area contributed by atoms with Gasteiger partial charge in [0.2, 0.25) is 0 Å². The first-order chi connectivity index (χ1) is 18.8. The summed E-state index contributed by atoms with van der Waals surface area (Å²) in [7, 11) is -3.59. The summed E-state index contributed by atoms with van der Waals surface area (Å²) in [6, 6.07) is 8.91. The first-order valence-electron chi connectivity index (χ1n) is 16.2. The monoisotopic (exact) mass is 570 g/mol. The molecule has 0 heterocycles. The minimum atomic E-state index is -3.59. The molecule has 0 radical (unpaired) electrons. The van der Waals surface area contributed by atoms with Crippen molar-refractivity contribution in [3.05, 3.63) is 42.0 Å². The van der Waals surface area contributed by atoms with E-state index in [1.165, 1.54) is 18.4 Å². The topological polar surface area (TPSA) is 74.6 Å². The van der Waals surface area contributed by atoms with Crippen LogP contribution in [-0.4, -0.2) is 35.6 Å². The van der Waals surface area contributed by atoms with E-state index in [1.807, 2.05) is 19.9 Å². The quantitative estimate of drug-likeness (QED) is 0.316. The van der Waals surface area contributed by atoms with Crippen molar-refractivity contribution in [2.45, 2.75) is 128 Å². The van der Waals surface area contributed by atoms with E-state index in [1.54, 1.807) is 24.3 Å². The maximum absolute atomic E-state index is 14.1. The molecular weight excluding hydrogens is 516 g/mol. The Morgan fingerprint density at radius 1 is 0.975 bits per heavy atom. The molecule has 40 heavy (non-hydrogen) atoms. The van der Waals surface area contributed by atoms with Crippen molar-refractivity contribution in [3.63, 3.8) is 0 Å². The molecule has 1 aromatic rings. The predicted molar refractivity (Wildman–Crippen MR) is 162 cm³/mol. The van der Waals surface area contributed by atoms with Crippen LogP contribution in [0.15, 0.2) is 46.9 Å². The van der Waals surface area contributed by atoms with Crippen molar-refractivity contribution in [3.8, 4) is 0 Å². The lowest BCUT2D eigenvalue weighted by molar-refractivity contribution is -0.0756. The highest BCUT2D eigenvalue weighted by Crippen LogP contribution is 2.68. The molecule has 2 unspecified atom stereocenters. The maximum atomic E-state index is 14.1. The molecular formula is C35H54O4S. The molecule has 224 valence electrons. The van der Waals surface area contributed by atoms with Crippen LogP contribution < -0.4 is 0 Å². The molecule has 4 aliphatic carbocycles. The fourth-order valence-corrected chi connectivity index (χ4v) is 12.2. The molecule has 0 saturated heterocycles. The largest absolute Gasteiger partial charge is 0.393 e. The average Bonchev–Trinajstić information content (AvgIpc) is 3.29. The highest BCUT2D eigenvalue weighted by molar-refractivity contribution is 7.92. The van der Waals surface area contributed by atoms with Crippen LogP contribution in [0.3, 0.4) is 0 Å². The normalized spacial score (nSPS) is 40.0. The molecule has 0 aliphatic heterocycles. The minimum absolute atomic E-state index is 0.0212. The van der Waals surface area contributed by atoms with E-state index in [2.05, 4.69) is 33.8 Å². The molecule has 4 nitrogen and oxygen atoms in total. The smallest absolute Gasteiger partial charge is 0.181 e. The van der Waals surface area contributed by atoms with Crippen LogP contribution in [0.1, 0.15) is 106 Å². The lowest BCUT2D eigenvalue weighted by Gasteiger charge is -2.59. The average molecular weight is 571 g/mol. The highest BCUT2D eigenvalue weighted by atomic mass is 32.2. The van der Waals surface area contributed by atoms with Gasteiger partial charge in [-0.3, -0.25) is 0 Å². The van der Waals surface area contributed by atoms with Gasteiger partial charge in [-0.05, 0) is 123 Å². The third kappa shape index (κ3) is 4.94. The van der Waals surface area contributed by atoms with Crippen molar-refractivity contribution < 1.29 is 18.6 Å². The van der Waals surface area contributed by atoms with E-state index in [0.717, 1.165) is 44.9 Å². The molecule has 0 spiro atoms. The van der Waals surface area contributed by atoms with Gasteiger partial charge in [-0.2, -0.15) is 0 Å². The lowest BCUT2D eigenvalue weighted by Crippen LogP contribution is -2.53. The van der Waals surface area contributed by atoms with Crippen molar-refractivity contribution in [1.82, 2.24) is 0 Å². The SMILES string of the molecule is CC[C@]1(O)CC[C@@]2(C)C(=CC[C@H]3[C@@H]4CC[C@H]([C@H](C)C(CC(O)C(C)C)S(=O)(=O)c5ccccc5)[C@@]4(C)CC[C@@H]32)C1. The Morgan fingerprint density at radius 3 is 2.33 bits per heavy atom. The second-order valence-electron chi connectivity index (χ2n) is 15.0. The second kappa shape index (κ2) is 10.8. The zero-order valence-corrected chi connectivity index (χ0v) is 26.6. The van der Waals surface area contributed by atoms with Gasteiger partial charge < -0.3 is 10.2 Å². The number of aliphatic hydroxyl groups is 2. The van der Waals surface area contributed by atoms with Gasteiger partial charge in [-0.15, -0.1) is 0 Å². The van der Waals surface area contributed by atoms with Gasteiger partial charge in [0.25, 0.3) is 0 Å². The molecule has 10 atom stereocenters. The van der Waals surface area contributed by atoms with Gasteiger partial charge in [0.15, 0.2) is 9.84 Å². The fraction of sp³-hybridized carbons (Fsp3) is 0.771. The van der Waals surface area contributed by atoms with Crippen molar-refractivity contribution in [1.29, 1.82) is 0 Å². The summed E-state index contributed by atoms with van der Waals surface area (Å²) in [5.74, 6) is 2.24. The van der Waals surface area contributed by atoms with E-state index in [-0.39, 0.29) is 22.7 Å². The van der Waals surface area contributed by atoms with E-state index in [4.69, 9.17) is 0 Å². The minimum Gasteiger partial charge on any atom is -0.393 e. The second-order valence-corrected chi connectivity index (χ2v) is 17.2. The van der Waals surface area contributed by atoms with Gasteiger partial charge >= 0.3 is 0 Å². The van der Waals surface area contributed by atoms with E-state index in [9.17, 15) is 18.6 Å². The van der Waals surface area contributed by atoms with Crippen LogP contribution in [0.5, 0.6) is 0 Å². The summed E-state index contributed by atoms with van der Waals surface area (Å²) in [6.07, 6.45) is 11.5. The van der Waals surface area contributed by atoms with Crippen LogP contribution in [0.25, 0.3) is 0 Å². The Kier molecular flexibility index (Phi) is 8.20. The molecule has 3 fully saturated rings. The van der Waals surface area contributed by atoms with Gasteiger partial charge in [0, 0.05) is 0 Å². The fourth-order valence-electron chi connectivity index (χ4n) is 10.1. The van der Waals surface area contributed by atoms with Crippen LogP contribution >= 0.6 is 0 Å². The molecule has 5 rings (SSSR count). The summed E-state index contributed by atoms with van der Waals surface area (Å²) in [5.41, 5.74) is 1.28. The Labute approximate surface area is 244 Å². The number of allylic oxidation sites excluding steroid dienone is 1. The molecule has 2 N–H and O–H groups in total. The Morgan fingerprint density at radius 2 is 1.68 bits per heavy atom. The van der Waals surface area contributed by atoms with Crippen LogP contribution in [0.2, 0.25) is 0 Å². The van der Waals surface area contributed by atoms with Gasteiger partial charge in [-0.1, -0.05) is 71.4 Å². The third-order valence-electron chi connectivity index (χ3n) is 12.9. The summed E-state index contributed by atoms with van der Waals surface area (Å²) in [6.45, 7) is 13.2. The van der Waals surface area contributed by atoms with Crippen molar-refractivity contribution in [2.24, 2.45) is 46.3 Å². The van der Waals surface area contributed by atoms with E-state index in [0.29, 0.717) is 35.0 Å². The van der Waals surface area contributed by atoms with Gasteiger partial charge in [0.1, 0.15) is 0 Å². The first kappa shape index (κ1) is 30.3. The van der Waals surface area contributed by atoms with Crippen molar-refractivity contribution >= 4 is 9.84 Å². The molecule has 1 aromatic carbocycles. The molecule has 0 aromatic heterocycles. The number of hydrogen-bond donors (Lipinski definition) is 2. The molecule has 0 amide bonds. The standard InChI is InChI=1S/C35H54O4S/c1-7-35(37)20-19-33(5)25(22-35)13-14-27-29-16-15-28(34(29,6)18-17-30(27)33)24(4)32(21-31(36)23(2)3)40(38,39)26-11-9-8-10-12-26/h8-13,23-24,27-32,36-37H,7,14-22H2,1-6H3/t24-,27-,28+,29-,30-,31?,32?,33-,34+,35-/m0/s1. The number of benzene rings is 1. The number of hydrogen-bond acceptors (Lipinski definition) is 4. The first-order valence-corrected chi connectivity index (χ1v) is 17.7. The number of fused-ring (bicyclic) bond motifs is 5. The van der Waals surface area contributed by atoms with Gasteiger partial charge in [-0.25, -0.2) is 8.42 Å². The molecule has 0 bridgehead atoms. The Hall–Kier alpha value is -1.17. The summed E-state index contributed by atoms with van der Waals surface area (Å²) < 4.78 is 28.2. The van der Waals surface area contributed by atoms with Crippen LogP contribution in [0, 0.1) is 46.3 Å². The third-order valence-corrected chi connectivity index (χ3v) is 15.3. The summed E-state index contributed by atoms with van der Waals surface area (Å²) in [5, 5.41) is 21.5. The number of sulfone groups is 1. The Balaban J connectivity index is 1.43. The predicted octanol–water partition coefficient (Wildman–Crippen LogP) is 7.59. The lowest BCUT2D eigenvalue weighted by atomic mass is 9.46.